The van der Waals surface area contributed by atoms with Crippen LogP contribution in [-0.2, 0) is 19.1 Å². The summed E-state index contributed by atoms with van der Waals surface area (Å²) in [5.74, 6) is -2.12. The number of nitrogens with zero attached hydrogens (tertiary/aromatic N) is 2. The molecular formula is C31H41ClN2O5S. The number of aliphatic hydroxyl groups is 1. The van der Waals surface area contributed by atoms with Crippen molar-refractivity contribution in [2.24, 2.45) is 17.8 Å². The molecular weight excluding hydrogens is 548 g/mol. The Morgan fingerprint density at radius 1 is 1.27 bits per heavy atom. The van der Waals surface area contributed by atoms with Gasteiger partial charge in [0.1, 0.15) is 6.04 Å². The van der Waals surface area contributed by atoms with Crippen LogP contribution in [0.4, 0.5) is 5.69 Å². The molecule has 3 fully saturated rings. The van der Waals surface area contributed by atoms with Gasteiger partial charge in [-0.15, -0.1) is 24.9 Å². The summed E-state index contributed by atoms with van der Waals surface area (Å²) in [6.07, 6.45) is 8.09. The van der Waals surface area contributed by atoms with Crippen molar-refractivity contribution in [2.45, 2.75) is 74.5 Å². The summed E-state index contributed by atoms with van der Waals surface area (Å²) >= 11 is 7.73. The third-order valence-corrected chi connectivity index (χ3v) is 11.1. The van der Waals surface area contributed by atoms with Crippen LogP contribution in [0.2, 0.25) is 5.02 Å². The third kappa shape index (κ3) is 5.47. The van der Waals surface area contributed by atoms with Crippen molar-refractivity contribution < 1.29 is 24.2 Å². The number of likely N-dealkylation sites (tertiary alicyclic amines) is 1. The summed E-state index contributed by atoms with van der Waals surface area (Å²) in [7, 11) is 0. The van der Waals surface area contributed by atoms with E-state index in [2.05, 4.69) is 13.2 Å². The fourth-order valence-corrected chi connectivity index (χ4v) is 9.00. The van der Waals surface area contributed by atoms with E-state index in [1.54, 1.807) is 51.9 Å². The Morgan fingerprint density at radius 3 is 2.62 bits per heavy atom. The molecule has 2 bridgehead atoms. The van der Waals surface area contributed by atoms with E-state index in [0.29, 0.717) is 23.7 Å². The average molecular weight is 589 g/mol. The number of rotatable bonds is 14. The van der Waals surface area contributed by atoms with E-state index in [1.165, 1.54) is 0 Å². The molecule has 3 heterocycles. The molecule has 0 saturated carbocycles. The van der Waals surface area contributed by atoms with Crippen LogP contribution < -0.4 is 4.90 Å². The molecule has 0 aromatic heterocycles. The molecule has 3 saturated heterocycles. The van der Waals surface area contributed by atoms with Gasteiger partial charge < -0.3 is 19.6 Å². The van der Waals surface area contributed by atoms with Crippen LogP contribution in [0, 0.1) is 17.8 Å². The molecule has 4 rings (SSSR count). The number of carbonyl (C=O) groups excluding carboxylic acids is 3. The summed E-state index contributed by atoms with van der Waals surface area (Å²) in [4.78, 5) is 45.7. The van der Waals surface area contributed by atoms with Crippen molar-refractivity contribution in [3.63, 3.8) is 0 Å². The second kappa shape index (κ2) is 13.1. The Morgan fingerprint density at radius 2 is 2.00 bits per heavy atom. The molecule has 0 aliphatic carbocycles. The SMILES string of the molecule is C=CCCCCOC(=O)[C@@H]1[C@@H]2CCC3(S2)C(C(=O)N(CC=C)c2ccc(Cl)cc2)N([C@@H](CO)[C@@H](C)CC)C(=O)[C@H]13. The average Bonchev–Trinajstić information content (AvgIpc) is 3.60. The van der Waals surface area contributed by atoms with Crippen molar-refractivity contribution in [3.05, 3.63) is 54.6 Å². The zero-order valence-electron chi connectivity index (χ0n) is 23.5. The van der Waals surface area contributed by atoms with Crippen molar-refractivity contribution in [3.8, 4) is 0 Å². The first kappa shape index (κ1) is 30.7. The lowest BCUT2D eigenvalue weighted by Gasteiger charge is -2.41. The highest BCUT2D eigenvalue weighted by molar-refractivity contribution is 8.02. The molecule has 1 N–H and O–H groups in total. The van der Waals surface area contributed by atoms with Gasteiger partial charge in [-0.1, -0.05) is 44.0 Å². The zero-order chi connectivity index (χ0) is 29.0. The number of allylic oxidation sites excluding steroid dienone is 1. The highest BCUT2D eigenvalue weighted by Crippen LogP contribution is 2.67. The van der Waals surface area contributed by atoms with Crippen LogP contribution in [0.3, 0.4) is 0 Å². The van der Waals surface area contributed by atoms with Crippen LogP contribution >= 0.6 is 23.4 Å². The summed E-state index contributed by atoms with van der Waals surface area (Å²) in [6, 6.07) is 5.65. The minimum atomic E-state index is -0.827. The van der Waals surface area contributed by atoms with Crippen molar-refractivity contribution >= 4 is 46.8 Å². The molecule has 1 aromatic rings. The summed E-state index contributed by atoms with van der Waals surface area (Å²) in [5, 5.41) is 11.0. The van der Waals surface area contributed by atoms with Gasteiger partial charge in [0.05, 0.1) is 35.8 Å². The number of hydrogen-bond donors (Lipinski definition) is 1. The number of carbonyl (C=O) groups is 3. The van der Waals surface area contributed by atoms with Gasteiger partial charge in [0.15, 0.2) is 0 Å². The Bertz CT molecular complexity index is 1110. The molecule has 7 nitrogen and oxygen atoms in total. The minimum Gasteiger partial charge on any atom is -0.465 e. The normalized spacial score (nSPS) is 28.2. The van der Waals surface area contributed by atoms with E-state index in [0.717, 1.165) is 32.1 Å². The third-order valence-electron chi connectivity index (χ3n) is 8.85. The first-order valence-electron chi connectivity index (χ1n) is 14.3. The number of thioether (sulfide) groups is 1. The highest BCUT2D eigenvalue weighted by Gasteiger charge is 2.75. The van der Waals surface area contributed by atoms with Crippen LogP contribution in [-0.4, -0.2) is 69.6 Å². The lowest BCUT2D eigenvalue weighted by atomic mass is 9.71. The number of hydrogen-bond acceptors (Lipinski definition) is 6. The van der Waals surface area contributed by atoms with Crippen molar-refractivity contribution in [1.29, 1.82) is 0 Å². The van der Waals surface area contributed by atoms with E-state index in [4.69, 9.17) is 16.3 Å². The number of halogens is 1. The van der Waals surface area contributed by atoms with Gasteiger partial charge in [0.25, 0.3) is 5.91 Å². The maximum absolute atomic E-state index is 14.6. The zero-order valence-corrected chi connectivity index (χ0v) is 25.0. The molecule has 3 aliphatic heterocycles. The van der Waals surface area contributed by atoms with Gasteiger partial charge in [-0.2, -0.15) is 0 Å². The fourth-order valence-electron chi connectivity index (χ4n) is 6.69. The minimum absolute atomic E-state index is 0.0414. The monoisotopic (exact) mass is 588 g/mol. The smallest absolute Gasteiger partial charge is 0.310 e. The summed E-state index contributed by atoms with van der Waals surface area (Å²) < 4.78 is 4.94. The van der Waals surface area contributed by atoms with Crippen LogP contribution in [0.25, 0.3) is 0 Å². The molecule has 3 aliphatic rings. The molecule has 2 amide bonds. The number of aliphatic hydroxyl groups excluding tert-OH is 1. The lowest BCUT2D eigenvalue weighted by Crippen LogP contribution is -2.58. The first-order chi connectivity index (χ1) is 19.2. The standard InChI is InChI=1S/C31H41ClN2O5S/c1-5-8-9-10-18-39-30(38)25-24-15-16-31(40-24)26(25)28(36)34(23(19-35)20(4)7-3)27(31)29(37)33(17-6-2)22-13-11-21(32)12-14-22/h5-6,11-14,20,23-27,35H,1-2,7-10,15-19H2,3-4H3/t20-,23-,24-,25+,26-,27?,31?/m0/s1. The van der Waals surface area contributed by atoms with E-state index in [9.17, 15) is 19.5 Å². The quantitative estimate of drug-likeness (QED) is 0.181. The van der Waals surface area contributed by atoms with E-state index < -0.39 is 28.7 Å². The van der Waals surface area contributed by atoms with Gasteiger partial charge in [0.2, 0.25) is 5.91 Å². The summed E-state index contributed by atoms with van der Waals surface area (Å²) in [6.45, 7) is 11.9. The van der Waals surface area contributed by atoms with Crippen molar-refractivity contribution in [2.75, 3.05) is 24.7 Å². The molecule has 218 valence electrons. The second-order valence-corrected chi connectivity index (χ2v) is 13.1. The molecule has 7 atom stereocenters. The number of ether oxygens (including phenoxy) is 1. The Labute approximate surface area is 246 Å². The Hall–Kier alpha value is -2.29. The highest BCUT2D eigenvalue weighted by atomic mass is 35.5. The van der Waals surface area contributed by atoms with E-state index in [1.807, 2.05) is 19.9 Å². The van der Waals surface area contributed by atoms with Gasteiger partial charge in [-0.25, -0.2) is 0 Å². The number of fused-ring (bicyclic) bond motifs is 1. The van der Waals surface area contributed by atoms with Gasteiger partial charge in [-0.3, -0.25) is 14.4 Å². The number of anilines is 1. The topological polar surface area (TPSA) is 87.2 Å². The number of amides is 2. The Kier molecular flexibility index (Phi) is 10.1. The maximum Gasteiger partial charge on any atom is 0.310 e. The first-order valence-corrected chi connectivity index (χ1v) is 15.6. The van der Waals surface area contributed by atoms with Crippen LogP contribution in [0.5, 0.6) is 0 Å². The number of unbranched alkanes of at least 4 members (excludes halogenated alkanes) is 2. The predicted octanol–water partition coefficient (Wildman–Crippen LogP) is 5.26. The molecule has 40 heavy (non-hydrogen) atoms. The summed E-state index contributed by atoms with van der Waals surface area (Å²) in [5.41, 5.74) is 0.652. The number of esters is 1. The van der Waals surface area contributed by atoms with E-state index in [-0.39, 0.29) is 42.1 Å². The maximum atomic E-state index is 14.6. The predicted molar refractivity (Wildman–Crippen MR) is 160 cm³/mol. The molecule has 9 heteroatoms. The Balaban J connectivity index is 1.73. The van der Waals surface area contributed by atoms with E-state index >= 15 is 0 Å². The van der Waals surface area contributed by atoms with Gasteiger partial charge >= 0.3 is 5.97 Å². The second-order valence-electron chi connectivity index (χ2n) is 11.1. The fraction of sp³-hybridized carbons (Fsp3) is 0.581. The van der Waals surface area contributed by atoms with Gasteiger partial charge in [0, 0.05) is 22.5 Å². The number of benzene rings is 1. The van der Waals surface area contributed by atoms with Crippen LogP contribution in [0.15, 0.2) is 49.6 Å². The molecule has 0 radical (unpaired) electrons. The lowest BCUT2D eigenvalue weighted by molar-refractivity contribution is -0.155. The largest absolute Gasteiger partial charge is 0.465 e. The molecule has 2 unspecified atom stereocenters. The van der Waals surface area contributed by atoms with Crippen molar-refractivity contribution in [1.82, 2.24) is 4.90 Å². The van der Waals surface area contributed by atoms with Gasteiger partial charge in [-0.05, 0) is 62.3 Å². The molecule has 1 aromatic carbocycles. The van der Waals surface area contributed by atoms with Crippen LogP contribution in [0.1, 0.15) is 52.4 Å². The molecule has 1 spiro atoms.